The van der Waals surface area contributed by atoms with Crippen molar-refractivity contribution in [1.82, 2.24) is 15.0 Å². The van der Waals surface area contributed by atoms with Crippen molar-refractivity contribution < 1.29 is 13.2 Å². The fraction of sp³-hybridized carbons (Fsp3) is 0.111. The van der Waals surface area contributed by atoms with Gasteiger partial charge in [-0.1, -0.05) is 29.3 Å². The molecule has 0 spiro atoms. The molecule has 2 heterocycles. The van der Waals surface area contributed by atoms with Gasteiger partial charge in [-0.25, -0.2) is 9.97 Å². The Kier molecular flexibility index (Phi) is 4.61. The fourth-order valence-electron chi connectivity index (χ4n) is 2.66. The highest BCUT2D eigenvalue weighted by atomic mass is 35.5. The molecule has 2 aromatic carbocycles. The van der Waals surface area contributed by atoms with Crippen molar-refractivity contribution in [2.45, 2.75) is 12.6 Å². The highest BCUT2D eigenvalue weighted by Gasteiger charge is 2.30. The molecule has 27 heavy (non-hydrogen) atoms. The zero-order valence-electron chi connectivity index (χ0n) is 13.4. The Morgan fingerprint density at radius 3 is 2.48 bits per heavy atom. The summed E-state index contributed by atoms with van der Waals surface area (Å²) in [7, 11) is 0. The molecule has 0 bridgehead atoms. The molecular weight excluding hydrogens is 418 g/mol. The first kappa shape index (κ1) is 18.3. The molecule has 0 aliphatic carbocycles. The fourth-order valence-corrected chi connectivity index (χ4v) is 3.98. The highest BCUT2D eigenvalue weighted by Crippen LogP contribution is 2.32. The number of hydrogen-bond acceptors (Lipinski definition) is 3. The second-order valence-electron chi connectivity index (χ2n) is 5.82. The molecule has 0 atom stereocenters. The van der Waals surface area contributed by atoms with Gasteiger partial charge < -0.3 is 4.98 Å². The van der Waals surface area contributed by atoms with E-state index in [0.717, 1.165) is 22.7 Å². The van der Waals surface area contributed by atoms with Crippen molar-refractivity contribution in [2.75, 3.05) is 0 Å². The van der Waals surface area contributed by atoms with Crippen molar-refractivity contribution >= 4 is 45.6 Å². The van der Waals surface area contributed by atoms with Gasteiger partial charge in [0.1, 0.15) is 5.69 Å². The number of thiazole rings is 1. The van der Waals surface area contributed by atoms with Crippen LogP contribution in [0.1, 0.15) is 16.1 Å². The van der Waals surface area contributed by atoms with E-state index in [4.69, 9.17) is 23.2 Å². The van der Waals surface area contributed by atoms with Crippen molar-refractivity contribution in [3.05, 3.63) is 68.0 Å². The molecule has 4 rings (SSSR count). The van der Waals surface area contributed by atoms with E-state index in [2.05, 4.69) is 15.0 Å². The van der Waals surface area contributed by atoms with E-state index in [1.54, 1.807) is 23.6 Å². The first-order chi connectivity index (χ1) is 12.8. The molecule has 9 heteroatoms. The highest BCUT2D eigenvalue weighted by molar-refractivity contribution is 7.10. The number of aromatic nitrogens is 3. The summed E-state index contributed by atoms with van der Waals surface area (Å²) in [6, 6.07) is 8.69. The first-order valence-electron chi connectivity index (χ1n) is 7.76. The lowest BCUT2D eigenvalue weighted by Gasteiger charge is -2.05. The molecule has 2 aromatic heterocycles. The minimum absolute atomic E-state index is 0.309. The Bertz CT molecular complexity index is 1110. The predicted octanol–water partition coefficient (Wildman–Crippen LogP) is 6.60. The van der Waals surface area contributed by atoms with Gasteiger partial charge in [0.15, 0.2) is 5.82 Å². The van der Waals surface area contributed by atoms with E-state index in [1.807, 2.05) is 0 Å². The summed E-state index contributed by atoms with van der Waals surface area (Å²) >= 11 is 13.8. The standard InChI is InChI=1S/C18H10Cl2F3N3S/c19-11-2-1-3-12(20)10(11)7-16-24-15(8-27-16)17-25-13-5-4-9(18(21,22)23)6-14(13)26-17/h1-6,8H,7H2,(H,25,26). The number of alkyl halides is 3. The Morgan fingerprint density at radius 2 is 1.78 bits per heavy atom. The number of imidazole rings is 1. The average Bonchev–Trinajstić information content (AvgIpc) is 3.23. The third-order valence-corrected chi connectivity index (χ3v) is 5.55. The first-order valence-corrected chi connectivity index (χ1v) is 9.39. The summed E-state index contributed by atoms with van der Waals surface area (Å²) in [5.74, 6) is 0.414. The molecule has 0 amide bonds. The van der Waals surface area contributed by atoms with Gasteiger partial charge in [-0.3, -0.25) is 0 Å². The number of benzene rings is 2. The largest absolute Gasteiger partial charge is 0.416 e. The molecule has 0 radical (unpaired) electrons. The van der Waals surface area contributed by atoms with Crippen LogP contribution in [0.3, 0.4) is 0 Å². The maximum Gasteiger partial charge on any atom is 0.416 e. The van der Waals surface area contributed by atoms with E-state index in [-0.39, 0.29) is 0 Å². The quantitative estimate of drug-likeness (QED) is 0.399. The smallest absolute Gasteiger partial charge is 0.337 e. The number of halogens is 5. The molecule has 0 saturated carbocycles. The number of rotatable bonds is 3. The Labute approximate surface area is 165 Å². The van der Waals surface area contributed by atoms with Crippen molar-refractivity contribution in [1.29, 1.82) is 0 Å². The zero-order valence-corrected chi connectivity index (χ0v) is 15.8. The van der Waals surface area contributed by atoms with Crippen LogP contribution < -0.4 is 0 Å². The second kappa shape index (κ2) is 6.82. The van der Waals surface area contributed by atoms with Crippen LogP contribution in [-0.4, -0.2) is 15.0 Å². The average molecular weight is 428 g/mol. The predicted molar refractivity (Wildman–Crippen MR) is 101 cm³/mol. The zero-order chi connectivity index (χ0) is 19.2. The summed E-state index contributed by atoms with van der Waals surface area (Å²) in [4.78, 5) is 11.7. The normalized spacial score (nSPS) is 12.0. The van der Waals surface area contributed by atoms with Crippen LogP contribution in [0.4, 0.5) is 13.2 Å². The summed E-state index contributed by atoms with van der Waals surface area (Å²) in [5.41, 5.74) is 1.37. The third-order valence-electron chi connectivity index (χ3n) is 3.99. The van der Waals surface area contributed by atoms with E-state index in [9.17, 15) is 13.2 Å². The van der Waals surface area contributed by atoms with E-state index < -0.39 is 11.7 Å². The van der Waals surface area contributed by atoms with Gasteiger partial charge >= 0.3 is 6.18 Å². The molecule has 3 nitrogen and oxygen atoms in total. The topological polar surface area (TPSA) is 41.6 Å². The Balaban J connectivity index is 1.65. The maximum atomic E-state index is 12.9. The Hall–Kier alpha value is -2.09. The van der Waals surface area contributed by atoms with Gasteiger partial charge in [-0.15, -0.1) is 11.3 Å². The molecule has 0 aliphatic heterocycles. The minimum atomic E-state index is -4.40. The van der Waals surface area contributed by atoms with Gasteiger partial charge in [-0.05, 0) is 35.9 Å². The third kappa shape index (κ3) is 3.67. The minimum Gasteiger partial charge on any atom is -0.337 e. The van der Waals surface area contributed by atoms with E-state index in [1.165, 1.54) is 17.4 Å². The van der Waals surface area contributed by atoms with Gasteiger partial charge in [0.25, 0.3) is 0 Å². The number of fused-ring (bicyclic) bond motifs is 1. The lowest BCUT2D eigenvalue weighted by atomic mass is 10.1. The molecule has 1 N–H and O–H groups in total. The lowest BCUT2D eigenvalue weighted by molar-refractivity contribution is -0.137. The maximum absolute atomic E-state index is 12.9. The lowest BCUT2D eigenvalue weighted by Crippen LogP contribution is -2.04. The van der Waals surface area contributed by atoms with Gasteiger partial charge in [0, 0.05) is 21.8 Å². The number of H-pyrrole nitrogens is 1. The summed E-state index contributed by atoms with van der Waals surface area (Å²) in [6.45, 7) is 0. The SMILES string of the molecule is FC(F)(F)c1ccc2nc(-c3csc(Cc4c(Cl)cccc4Cl)n3)[nH]c2c1. The number of nitrogens with one attached hydrogen (secondary N) is 1. The van der Waals surface area contributed by atoms with Crippen molar-refractivity contribution in [3.63, 3.8) is 0 Å². The molecule has 0 fully saturated rings. The second-order valence-corrected chi connectivity index (χ2v) is 7.58. The molecular formula is C18H10Cl2F3N3S. The van der Waals surface area contributed by atoms with Crippen LogP contribution in [0.5, 0.6) is 0 Å². The Morgan fingerprint density at radius 1 is 1.04 bits per heavy atom. The summed E-state index contributed by atoms with van der Waals surface area (Å²) in [6.07, 6.45) is -3.94. The van der Waals surface area contributed by atoms with Gasteiger partial charge in [-0.2, -0.15) is 13.2 Å². The van der Waals surface area contributed by atoms with Crippen LogP contribution in [0, 0.1) is 0 Å². The van der Waals surface area contributed by atoms with Crippen LogP contribution in [-0.2, 0) is 12.6 Å². The van der Waals surface area contributed by atoms with E-state index in [0.29, 0.717) is 39.0 Å². The van der Waals surface area contributed by atoms with Crippen LogP contribution >= 0.6 is 34.5 Å². The van der Waals surface area contributed by atoms with Crippen LogP contribution in [0.2, 0.25) is 10.0 Å². The van der Waals surface area contributed by atoms with E-state index >= 15 is 0 Å². The molecule has 138 valence electrons. The number of nitrogens with zero attached hydrogens (tertiary/aromatic N) is 2. The molecule has 0 unspecified atom stereocenters. The monoisotopic (exact) mass is 427 g/mol. The number of hydrogen-bond donors (Lipinski definition) is 1. The van der Waals surface area contributed by atoms with Crippen LogP contribution in [0.15, 0.2) is 41.8 Å². The van der Waals surface area contributed by atoms with Crippen molar-refractivity contribution in [2.24, 2.45) is 0 Å². The molecule has 0 aliphatic rings. The van der Waals surface area contributed by atoms with Gasteiger partial charge in [0.05, 0.1) is 21.6 Å². The number of aromatic amines is 1. The molecule has 4 aromatic rings. The summed E-state index contributed by atoms with van der Waals surface area (Å²) < 4.78 is 38.6. The van der Waals surface area contributed by atoms with Gasteiger partial charge in [0.2, 0.25) is 0 Å². The van der Waals surface area contributed by atoms with Crippen LogP contribution in [0.25, 0.3) is 22.6 Å². The molecule has 0 saturated heterocycles. The van der Waals surface area contributed by atoms with Crippen molar-refractivity contribution in [3.8, 4) is 11.5 Å². The summed E-state index contributed by atoms with van der Waals surface area (Å²) in [5, 5.41) is 3.68.